The molecule has 2 rings (SSSR count). The van der Waals surface area contributed by atoms with Gasteiger partial charge in [-0.2, -0.15) is 0 Å². The van der Waals surface area contributed by atoms with E-state index < -0.39 is 0 Å². The number of rotatable bonds is 5. The zero-order valence-electron chi connectivity index (χ0n) is 12.6. The molecular weight excluding hydrogens is 429 g/mol. The molecule has 0 aromatic heterocycles. The highest BCUT2D eigenvalue weighted by atomic mass is 127. The number of benzene rings is 1. The summed E-state index contributed by atoms with van der Waals surface area (Å²) in [5.74, 6) is 3.24. The van der Waals surface area contributed by atoms with Gasteiger partial charge in [-0.15, -0.1) is 6.42 Å². The predicted molar refractivity (Wildman–Crippen MR) is 98.4 cm³/mol. The SMILES string of the molecule is C#CCOc1c(I)cc(/C=C2\SC(=O)N(C)C2=O)cc1OCC. The minimum Gasteiger partial charge on any atom is -0.490 e. The average Bonchev–Trinajstić information content (AvgIpc) is 2.74. The first-order chi connectivity index (χ1) is 11.0. The Hall–Kier alpha value is -1.66. The molecule has 1 aromatic carbocycles. The van der Waals surface area contributed by atoms with Crippen LogP contribution in [0, 0.1) is 15.9 Å². The van der Waals surface area contributed by atoms with E-state index in [9.17, 15) is 9.59 Å². The monoisotopic (exact) mass is 443 g/mol. The molecule has 0 spiro atoms. The fourth-order valence-electron chi connectivity index (χ4n) is 1.89. The number of carbonyl (C=O) groups is 2. The smallest absolute Gasteiger partial charge is 0.293 e. The quantitative estimate of drug-likeness (QED) is 0.397. The minimum absolute atomic E-state index is 0.143. The molecule has 5 nitrogen and oxygen atoms in total. The van der Waals surface area contributed by atoms with Crippen LogP contribution in [0.4, 0.5) is 4.79 Å². The summed E-state index contributed by atoms with van der Waals surface area (Å²) in [6.45, 7) is 2.48. The van der Waals surface area contributed by atoms with Crippen molar-refractivity contribution in [3.05, 3.63) is 26.2 Å². The lowest BCUT2D eigenvalue weighted by molar-refractivity contribution is -0.121. The number of hydrogen-bond acceptors (Lipinski definition) is 5. The van der Waals surface area contributed by atoms with Crippen LogP contribution in [-0.2, 0) is 4.79 Å². The molecule has 0 N–H and O–H groups in total. The third-order valence-electron chi connectivity index (χ3n) is 2.92. The number of likely N-dealkylation sites (N-methyl/N-ethyl adjacent to an activating group) is 1. The Morgan fingerprint density at radius 1 is 1.39 bits per heavy atom. The van der Waals surface area contributed by atoms with Crippen molar-refractivity contribution in [1.29, 1.82) is 0 Å². The van der Waals surface area contributed by atoms with Crippen LogP contribution < -0.4 is 9.47 Å². The number of thioether (sulfide) groups is 1. The van der Waals surface area contributed by atoms with Crippen molar-refractivity contribution in [2.24, 2.45) is 0 Å². The van der Waals surface area contributed by atoms with Crippen molar-refractivity contribution in [2.75, 3.05) is 20.3 Å². The fourth-order valence-corrected chi connectivity index (χ4v) is 3.49. The van der Waals surface area contributed by atoms with Gasteiger partial charge in [0.1, 0.15) is 6.61 Å². The number of amides is 2. The normalized spacial score (nSPS) is 15.9. The first-order valence-electron chi connectivity index (χ1n) is 6.72. The van der Waals surface area contributed by atoms with Crippen LogP contribution in [-0.4, -0.2) is 36.3 Å². The Bertz CT molecular complexity index is 724. The van der Waals surface area contributed by atoms with E-state index in [0.717, 1.165) is 25.8 Å². The van der Waals surface area contributed by atoms with Crippen molar-refractivity contribution in [2.45, 2.75) is 6.92 Å². The number of halogens is 1. The number of carbonyl (C=O) groups excluding carboxylic acids is 2. The van der Waals surface area contributed by atoms with E-state index in [2.05, 4.69) is 28.5 Å². The van der Waals surface area contributed by atoms with E-state index in [1.54, 1.807) is 12.1 Å². The van der Waals surface area contributed by atoms with Gasteiger partial charge in [-0.3, -0.25) is 14.5 Å². The van der Waals surface area contributed by atoms with Gasteiger partial charge in [-0.1, -0.05) is 5.92 Å². The number of imide groups is 1. The summed E-state index contributed by atoms with van der Waals surface area (Å²) < 4.78 is 11.9. The second-order valence-corrected chi connectivity index (χ2v) is 6.65. The van der Waals surface area contributed by atoms with Crippen molar-refractivity contribution in [3.63, 3.8) is 0 Å². The highest BCUT2D eigenvalue weighted by Crippen LogP contribution is 2.37. The molecular formula is C16H14INO4S. The Kier molecular flexibility index (Phi) is 5.96. The number of terminal acetylenes is 1. The average molecular weight is 443 g/mol. The lowest BCUT2D eigenvalue weighted by Crippen LogP contribution is -2.22. The second kappa shape index (κ2) is 7.75. The third kappa shape index (κ3) is 4.00. The van der Waals surface area contributed by atoms with Crippen LogP contribution in [0.3, 0.4) is 0 Å². The lowest BCUT2D eigenvalue weighted by atomic mass is 10.2. The lowest BCUT2D eigenvalue weighted by Gasteiger charge is -2.13. The molecule has 23 heavy (non-hydrogen) atoms. The van der Waals surface area contributed by atoms with Crippen LogP contribution in [0.1, 0.15) is 12.5 Å². The Balaban J connectivity index is 2.39. The molecule has 1 aromatic rings. The minimum atomic E-state index is -0.305. The van der Waals surface area contributed by atoms with Gasteiger partial charge in [0.2, 0.25) is 0 Å². The van der Waals surface area contributed by atoms with E-state index in [0.29, 0.717) is 23.0 Å². The van der Waals surface area contributed by atoms with Gasteiger partial charge in [0.05, 0.1) is 15.1 Å². The van der Waals surface area contributed by atoms with Gasteiger partial charge in [0, 0.05) is 7.05 Å². The van der Waals surface area contributed by atoms with Gasteiger partial charge in [0.25, 0.3) is 11.1 Å². The van der Waals surface area contributed by atoms with Gasteiger partial charge in [0.15, 0.2) is 11.5 Å². The number of nitrogens with zero attached hydrogens (tertiary/aromatic N) is 1. The van der Waals surface area contributed by atoms with Crippen LogP contribution in [0.2, 0.25) is 0 Å². The van der Waals surface area contributed by atoms with Crippen molar-refractivity contribution < 1.29 is 19.1 Å². The molecule has 0 aliphatic carbocycles. The zero-order valence-corrected chi connectivity index (χ0v) is 15.6. The summed E-state index contributed by atoms with van der Waals surface area (Å²) in [7, 11) is 1.46. The van der Waals surface area contributed by atoms with Crippen molar-refractivity contribution >= 4 is 51.6 Å². The summed E-state index contributed by atoms with van der Waals surface area (Å²) in [6, 6.07) is 3.61. The van der Waals surface area contributed by atoms with Crippen LogP contribution in [0.25, 0.3) is 6.08 Å². The summed E-state index contributed by atoms with van der Waals surface area (Å²) >= 11 is 3.04. The van der Waals surface area contributed by atoms with Crippen molar-refractivity contribution in [1.82, 2.24) is 4.90 Å². The molecule has 2 amide bonds. The maximum Gasteiger partial charge on any atom is 0.293 e. The molecule has 1 saturated heterocycles. The van der Waals surface area contributed by atoms with E-state index >= 15 is 0 Å². The van der Waals surface area contributed by atoms with Crippen molar-refractivity contribution in [3.8, 4) is 23.8 Å². The molecule has 7 heteroatoms. The third-order valence-corrected chi connectivity index (χ3v) is 4.68. The van der Waals surface area contributed by atoms with E-state index in [1.807, 2.05) is 13.0 Å². The summed E-state index contributed by atoms with van der Waals surface area (Å²) in [5, 5.41) is -0.282. The van der Waals surface area contributed by atoms with Gasteiger partial charge in [-0.05, 0) is 65.0 Å². The van der Waals surface area contributed by atoms with Crippen LogP contribution in [0.5, 0.6) is 11.5 Å². The fraction of sp³-hybridized carbons (Fsp3) is 0.250. The predicted octanol–water partition coefficient (Wildman–Crippen LogP) is 3.37. The number of hydrogen-bond donors (Lipinski definition) is 0. The molecule has 0 bridgehead atoms. The first-order valence-corrected chi connectivity index (χ1v) is 8.61. The molecule has 1 aliphatic rings. The Morgan fingerprint density at radius 2 is 2.13 bits per heavy atom. The summed E-state index contributed by atoms with van der Waals surface area (Å²) in [6.07, 6.45) is 6.90. The maximum absolute atomic E-state index is 12.0. The standard InChI is InChI=1S/C16H14INO4S/c1-4-6-22-14-11(17)7-10(8-12(14)21-5-2)9-13-15(19)18(3)16(20)23-13/h1,7-9H,5-6H2,2-3H3/b13-9-. The zero-order chi connectivity index (χ0) is 17.0. The largest absolute Gasteiger partial charge is 0.490 e. The molecule has 1 aliphatic heterocycles. The summed E-state index contributed by atoms with van der Waals surface area (Å²) in [5.41, 5.74) is 0.754. The molecule has 1 heterocycles. The Morgan fingerprint density at radius 3 is 2.70 bits per heavy atom. The van der Waals surface area contributed by atoms with E-state index in [1.165, 1.54) is 7.05 Å². The van der Waals surface area contributed by atoms with Crippen LogP contribution in [0.15, 0.2) is 17.0 Å². The molecule has 0 saturated carbocycles. The molecule has 0 atom stereocenters. The van der Waals surface area contributed by atoms with E-state index in [-0.39, 0.29) is 17.8 Å². The van der Waals surface area contributed by atoms with Gasteiger partial charge >= 0.3 is 0 Å². The first kappa shape index (κ1) is 17.7. The van der Waals surface area contributed by atoms with Gasteiger partial charge in [-0.25, -0.2) is 0 Å². The summed E-state index contributed by atoms with van der Waals surface area (Å²) in [4.78, 5) is 25.0. The maximum atomic E-state index is 12.0. The Labute approximate surface area is 152 Å². The van der Waals surface area contributed by atoms with E-state index in [4.69, 9.17) is 15.9 Å². The highest BCUT2D eigenvalue weighted by molar-refractivity contribution is 14.1. The molecule has 0 unspecified atom stereocenters. The van der Waals surface area contributed by atoms with Gasteiger partial charge < -0.3 is 9.47 Å². The molecule has 0 radical (unpaired) electrons. The topological polar surface area (TPSA) is 55.8 Å². The van der Waals surface area contributed by atoms with Crippen LogP contribution >= 0.6 is 34.4 Å². The molecule has 1 fully saturated rings. The second-order valence-electron chi connectivity index (χ2n) is 4.50. The number of ether oxygens (including phenoxy) is 2. The highest BCUT2D eigenvalue weighted by Gasteiger charge is 2.31. The molecule has 120 valence electrons.